The number of hydrogen-bond donors (Lipinski definition) is 3. The number of hydrogen-bond acceptors (Lipinski definition) is 8. The van der Waals surface area contributed by atoms with Gasteiger partial charge in [-0.25, -0.2) is 19.7 Å². The van der Waals surface area contributed by atoms with E-state index in [4.69, 9.17) is 9.47 Å². The van der Waals surface area contributed by atoms with Gasteiger partial charge in [-0.15, -0.1) is 0 Å². The van der Waals surface area contributed by atoms with Gasteiger partial charge in [-0.1, -0.05) is 0 Å². The Morgan fingerprint density at radius 3 is 2.87 bits per heavy atom. The number of aromatic hydroxyl groups is 1. The highest BCUT2D eigenvalue weighted by atomic mass is 16.5. The van der Waals surface area contributed by atoms with E-state index in [2.05, 4.69) is 30.5 Å². The smallest absolute Gasteiger partial charge is 0.320 e. The third-order valence-electron chi connectivity index (χ3n) is 4.94. The van der Waals surface area contributed by atoms with Gasteiger partial charge in [0.1, 0.15) is 5.52 Å². The summed E-state index contributed by atoms with van der Waals surface area (Å²) in [5, 5.41) is 15.3. The first-order valence-electron chi connectivity index (χ1n) is 9.98. The summed E-state index contributed by atoms with van der Waals surface area (Å²) in [4.78, 5) is 27.7. The van der Waals surface area contributed by atoms with Crippen LogP contribution in [0.1, 0.15) is 0 Å². The molecule has 0 bridgehead atoms. The van der Waals surface area contributed by atoms with Crippen LogP contribution in [0.3, 0.4) is 0 Å². The van der Waals surface area contributed by atoms with Crippen molar-refractivity contribution in [3.05, 3.63) is 36.5 Å². The van der Waals surface area contributed by atoms with Gasteiger partial charge in [-0.3, -0.25) is 10.2 Å². The van der Waals surface area contributed by atoms with Crippen molar-refractivity contribution in [2.45, 2.75) is 0 Å². The highest BCUT2D eigenvalue weighted by Crippen LogP contribution is 2.31. The van der Waals surface area contributed by atoms with Crippen LogP contribution in [0, 0.1) is 0 Å². The van der Waals surface area contributed by atoms with Gasteiger partial charge in [0.05, 0.1) is 32.2 Å². The Kier molecular flexibility index (Phi) is 6.39. The average Bonchev–Trinajstić information content (AvgIpc) is 2.79. The number of ether oxygens (including phenoxy) is 2. The number of phenolic OH excluding ortho intramolecular Hbond substituents is 1. The van der Waals surface area contributed by atoms with E-state index in [1.54, 1.807) is 24.3 Å². The zero-order valence-electron chi connectivity index (χ0n) is 17.2. The number of benzene rings is 1. The van der Waals surface area contributed by atoms with E-state index < -0.39 is 0 Å². The summed E-state index contributed by atoms with van der Waals surface area (Å²) in [5.41, 5.74) is 2.41. The number of aromatic nitrogens is 3. The third kappa shape index (κ3) is 5.16. The maximum absolute atomic E-state index is 12.2. The van der Waals surface area contributed by atoms with Crippen molar-refractivity contribution in [1.82, 2.24) is 25.2 Å². The number of nitrogens with zero attached hydrogens (tertiary/aromatic N) is 4. The lowest BCUT2D eigenvalue weighted by Crippen LogP contribution is -2.42. The van der Waals surface area contributed by atoms with E-state index in [1.165, 1.54) is 13.3 Å². The van der Waals surface area contributed by atoms with E-state index >= 15 is 0 Å². The van der Waals surface area contributed by atoms with Gasteiger partial charge in [0.25, 0.3) is 0 Å². The van der Waals surface area contributed by atoms with Crippen LogP contribution in [-0.4, -0.2) is 77.5 Å². The van der Waals surface area contributed by atoms with Crippen LogP contribution in [-0.2, 0) is 4.74 Å². The molecule has 0 radical (unpaired) electrons. The highest BCUT2D eigenvalue weighted by Gasteiger charge is 2.12. The fourth-order valence-corrected chi connectivity index (χ4v) is 3.27. The van der Waals surface area contributed by atoms with Gasteiger partial charge in [0.2, 0.25) is 0 Å². The second-order valence-corrected chi connectivity index (χ2v) is 7.02. The molecular weight excluding hydrogens is 400 g/mol. The molecular formula is C21H24N6O4. The molecule has 0 unspecified atom stereocenters. The van der Waals surface area contributed by atoms with Crippen LogP contribution in [0.2, 0.25) is 0 Å². The van der Waals surface area contributed by atoms with Crippen LogP contribution in [0.4, 0.5) is 10.6 Å². The molecule has 10 nitrogen and oxygen atoms in total. The molecule has 1 aromatic carbocycles. The molecule has 10 heteroatoms. The quantitative estimate of drug-likeness (QED) is 0.548. The maximum Gasteiger partial charge on any atom is 0.320 e. The molecule has 0 saturated carbocycles. The summed E-state index contributed by atoms with van der Waals surface area (Å²) in [6.07, 6.45) is 1.49. The zero-order chi connectivity index (χ0) is 21.6. The number of amides is 2. The summed E-state index contributed by atoms with van der Waals surface area (Å²) in [6, 6.07) is 8.25. The van der Waals surface area contributed by atoms with Gasteiger partial charge < -0.3 is 19.9 Å². The molecule has 3 aromatic rings. The lowest BCUT2D eigenvalue weighted by Gasteiger charge is -2.26. The Morgan fingerprint density at radius 1 is 1.23 bits per heavy atom. The van der Waals surface area contributed by atoms with Crippen molar-refractivity contribution in [3.8, 4) is 22.8 Å². The van der Waals surface area contributed by atoms with Crippen LogP contribution in [0.15, 0.2) is 36.5 Å². The van der Waals surface area contributed by atoms with Crippen molar-refractivity contribution in [1.29, 1.82) is 0 Å². The second kappa shape index (κ2) is 9.54. The molecule has 31 heavy (non-hydrogen) atoms. The Balaban J connectivity index is 1.42. The summed E-state index contributed by atoms with van der Waals surface area (Å²) in [6.45, 7) is 4.50. The SMILES string of the molecule is COc1cc(-c2ccc3ncc(NC(=O)NCCN4CCOCC4)nc3n2)ccc1O. The van der Waals surface area contributed by atoms with Crippen molar-refractivity contribution in [3.63, 3.8) is 0 Å². The van der Waals surface area contributed by atoms with E-state index in [-0.39, 0.29) is 11.8 Å². The number of carbonyl (C=O) groups excluding carboxylic acids is 1. The first-order valence-corrected chi connectivity index (χ1v) is 9.98. The summed E-state index contributed by atoms with van der Waals surface area (Å²) >= 11 is 0. The first-order chi connectivity index (χ1) is 15.1. The number of carbonyl (C=O) groups is 1. The zero-order valence-corrected chi connectivity index (χ0v) is 17.2. The number of rotatable bonds is 6. The monoisotopic (exact) mass is 424 g/mol. The van der Waals surface area contributed by atoms with Crippen molar-refractivity contribution in [2.75, 3.05) is 51.8 Å². The van der Waals surface area contributed by atoms with Crippen molar-refractivity contribution in [2.24, 2.45) is 0 Å². The highest BCUT2D eigenvalue weighted by molar-refractivity contribution is 5.89. The van der Waals surface area contributed by atoms with Gasteiger partial charge in [-0.05, 0) is 30.3 Å². The normalized spacial score (nSPS) is 14.4. The summed E-state index contributed by atoms with van der Waals surface area (Å²) in [7, 11) is 1.49. The Morgan fingerprint density at radius 2 is 2.06 bits per heavy atom. The standard InChI is InChI=1S/C21H24N6O4/c1-30-18-12-14(2-5-17(18)28)15-3-4-16-20(24-15)25-19(13-23-16)26-21(29)22-6-7-27-8-10-31-11-9-27/h2-5,12-13,28H,6-11H2,1H3,(H2,22,24,25,26,29). The maximum atomic E-state index is 12.2. The van der Waals surface area contributed by atoms with E-state index in [0.29, 0.717) is 35.0 Å². The fraction of sp³-hybridized carbons (Fsp3) is 0.333. The topological polar surface area (TPSA) is 122 Å². The van der Waals surface area contributed by atoms with Crippen LogP contribution >= 0.6 is 0 Å². The number of phenols is 1. The molecule has 1 saturated heterocycles. The Hall–Kier alpha value is -3.50. The van der Waals surface area contributed by atoms with Crippen LogP contribution in [0.25, 0.3) is 22.4 Å². The van der Waals surface area contributed by atoms with Gasteiger partial charge in [-0.2, -0.15) is 0 Å². The number of nitrogens with one attached hydrogen (secondary N) is 2. The van der Waals surface area contributed by atoms with Gasteiger partial charge in [0, 0.05) is 31.7 Å². The predicted molar refractivity (Wildman–Crippen MR) is 115 cm³/mol. The van der Waals surface area contributed by atoms with Crippen molar-refractivity contribution >= 4 is 23.0 Å². The molecule has 0 atom stereocenters. The molecule has 0 spiro atoms. The number of anilines is 1. The minimum absolute atomic E-state index is 0.0537. The van der Waals surface area contributed by atoms with Gasteiger partial charge >= 0.3 is 6.03 Å². The number of urea groups is 1. The summed E-state index contributed by atoms with van der Waals surface area (Å²) in [5.74, 6) is 0.719. The van der Waals surface area contributed by atoms with Crippen molar-refractivity contribution < 1.29 is 19.4 Å². The van der Waals surface area contributed by atoms with Crippen LogP contribution in [0.5, 0.6) is 11.5 Å². The summed E-state index contributed by atoms with van der Waals surface area (Å²) < 4.78 is 10.5. The number of morpholine rings is 1. The largest absolute Gasteiger partial charge is 0.504 e. The van der Waals surface area contributed by atoms with Gasteiger partial charge in [0.15, 0.2) is 23.0 Å². The van der Waals surface area contributed by atoms with Crippen LogP contribution < -0.4 is 15.4 Å². The molecule has 3 N–H and O–H groups in total. The lowest BCUT2D eigenvalue weighted by molar-refractivity contribution is 0.0388. The molecule has 1 fully saturated rings. The average molecular weight is 424 g/mol. The number of methoxy groups -OCH3 is 1. The van der Waals surface area contributed by atoms with E-state index in [9.17, 15) is 9.90 Å². The molecule has 2 aromatic heterocycles. The lowest BCUT2D eigenvalue weighted by atomic mass is 10.1. The molecule has 1 aliphatic heterocycles. The predicted octanol–water partition coefficient (Wildman–Crippen LogP) is 1.86. The third-order valence-corrected chi connectivity index (χ3v) is 4.94. The molecule has 2 amide bonds. The Bertz CT molecular complexity index is 1070. The Labute approximate surface area is 179 Å². The molecule has 1 aliphatic rings. The second-order valence-electron chi connectivity index (χ2n) is 7.02. The molecule has 162 valence electrons. The van der Waals surface area contributed by atoms with E-state index in [1.807, 2.05) is 6.07 Å². The minimum atomic E-state index is -0.346. The number of fused-ring (bicyclic) bond motifs is 1. The fourth-order valence-electron chi connectivity index (χ4n) is 3.27. The van der Waals surface area contributed by atoms with E-state index in [0.717, 1.165) is 38.4 Å². The molecule has 3 heterocycles. The molecule has 0 aliphatic carbocycles. The number of pyridine rings is 1. The minimum Gasteiger partial charge on any atom is -0.504 e. The first kappa shape index (κ1) is 20.8. The molecule has 4 rings (SSSR count).